The largest absolute Gasteiger partial charge is 0.497 e. The Hall–Kier alpha value is -2.84. The third-order valence-corrected chi connectivity index (χ3v) is 4.37. The number of hydrogen-bond donors (Lipinski definition) is 0. The Kier molecular flexibility index (Phi) is 6.24. The van der Waals surface area contributed by atoms with E-state index in [1.807, 2.05) is 18.2 Å². The minimum Gasteiger partial charge on any atom is -0.497 e. The maximum absolute atomic E-state index is 5.59. The van der Waals surface area contributed by atoms with Gasteiger partial charge in [-0.1, -0.05) is 60.7 Å². The van der Waals surface area contributed by atoms with Gasteiger partial charge in [-0.3, -0.25) is 0 Å². The summed E-state index contributed by atoms with van der Waals surface area (Å²) in [4.78, 5) is 0. The first-order chi connectivity index (χ1) is 12.8. The third-order valence-electron chi connectivity index (χ3n) is 4.37. The van der Waals surface area contributed by atoms with Gasteiger partial charge in [0.05, 0.1) is 20.3 Å². The summed E-state index contributed by atoms with van der Waals surface area (Å²) in [7, 11) is 1.69. The first kappa shape index (κ1) is 18.0. The SMILES string of the molecule is C=CCOCCc1ccc(-c2ccccc2)cc1-c1ccc(OC)cc1. The molecule has 2 heteroatoms. The second-order valence-electron chi connectivity index (χ2n) is 6.08. The van der Waals surface area contributed by atoms with E-state index in [1.54, 1.807) is 13.2 Å². The van der Waals surface area contributed by atoms with Gasteiger partial charge in [-0.05, 0) is 52.4 Å². The summed E-state index contributed by atoms with van der Waals surface area (Å²) < 4.78 is 10.9. The highest BCUT2D eigenvalue weighted by Crippen LogP contribution is 2.31. The van der Waals surface area contributed by atoms with E-state index in [0.29, 0.717) is 13.2 Å². The molecule has 0 spiro atoms. The van der Waals surface area contributed by atoms with Crippen LogP contribution in [0.25, 0.3) is 22.3 Å². The number of ether oxygens (including phenoxy) is 2. The summed E-state index contributed by atoms with van der Waals surface area (Å²) in [6.45, 7) is 4.96. The highest BCUT2D eigenvalue weighted by Gasteiger charge is 2.08. The van der Waals surface area contributed by atoms with Crippen LogP contribution < -0.4 is 4.74 Å². The fourth-order valence-corrected chi connectivity index (χ4v) is 2.99. The molecule has 0 heterocycles. The van der Waals surface area contributed by atoms with Crippen molar-refractivity contribution in [1.82, 2.24) is 0 Å². The predicted molar refractivity (Wildman–Crippen MR) is 109 cm³/mol. The molecule has 0 aliphatic carbocycles. The van der Waals surface area contributed by atoms with E-state index in [4.69, 9.17) is 9.47 Å². The van der Waals surface area contributed by atoms with Crippen molar-refractivity contribution in [3.05, 3.63) is 91.0 Å². The summed E-state index contributed by atoms with van der Waals surface area (Å²) in [6.07, 6.45) is 2.65. The molecule has 3 rings (SSSR count). The van der Waals surface area contributed by atoms with Crippen LogP contribution in [0.2, 0.25) is 0 Å². The molecule has 0 amide bonds. The van der Waals surface area contributed by atoms with Crippen molar-refractivity contribution in [2.24, 2.45) is 0 Å². The summed E-state index contributed by atoms with van der Waals surface area (Å²) in [5.41, 5.74) is 6.13. The monoisotopic (exact) mass is 344 g/mol. The molecule has 26 heavy (non-hydrogen) atoms. The highest BCUT2D eigenvalue weighted by atomic mass is 16.5. The minimum atomic E-state index is 0.583. The fraction of sp³-hybridized carbons (Fsp3) is 0.167. The molecule has 0 unspecified atom stereocenters. The topological polar surface area (TPSA) is 18.5 Å². The zero-order valence-corrected chi connectivity index (χ0v) is 15.2. The Morgan fingerprint density at radius 2 is 1.58 bits per heavy atom. The van der Waals surface area contributed by atoms with Gasteiger partial charge in [-0.2, -0.15) is 0 Å². The highest BCUT2D eigenvalue weighted by molar-refractivity contribution is 5.76. The van der Waals surface area contributed by atoms with Gasteiger partial charge in [0.1, 0.15) is 5.75 Å². The van der Waals surface area contributed by atoms with Crippen LogP contribution in [-0.4, -0.2) is 20.3 Å². The third kappa shape index (κ3) is 4.41. The molecule has 3 aromatic rings. The predicted octanol–water partition coefficient (Wildman–Crippen LogP) is 5.77. The Morgan fingerprint density at radius 3 is 2.27 bits per heavy atom. The van der Waals surface area contributed by atoms with Gasteiger partial charge in [-0.15, -0.1) is 6.58 Å². The number of rotatable bonds is 8. The Bertz CT molecular complexity index is 836. The molecule has 0 aromatic heterocycles. The van der Waals surface area contributed by atoms with E-state index in [-0.39, 0.29) is 0 Å². The Morgan fingerprint density at radius 1 is 0.846 bits per heavy atom. The van der Waals surface area contributed by atoms with Crippen molar-refractivity contribution < 1.29 is 9.47 Å². The number of benzene rings is 3. The van der Waals surface area contributed by atoms with E-state index < -0.39 is 0 Å². The molecule has 3 aromatic carbocycles. The summed E-state index contributed by atoms with van der Waals surface area (Å²) in [5, 5.41) is 0. The van der Waals surface area contributed by atoms with E-state index in [9.17, 15) is 0 Å². The lowest BCUT2D eigenvalue weighted by molar-refractivity contribution is 0.166. The normalized spacial score (nSPS) is 10.5. The van der Waals surface area contributed by atoms with Gasteiger partial charge in [0.2, 0.25) is 0 Å². The van der Waals surface area contributed by atoms with Crippen molar-refractivity contribution in [2.45, 2.75) is 6.42 Å². The minimum absolute atomic E-state index is 0.583. The second-order valence-corrected chi connectivity index (χ2v) is 6.08. The first-order valence-electron chi connectivity index (χ1n) is 8.83. The van der Waals surface area contributed by atoms with Crippen LogP contribution in [0.5, 0.6) is 5.75 Å². The Balaban J connectivity index is 1.96. The first-order valence-corrected chi connectivity index (χ1v) is 8.83. The van der Waals surface area contributed by atoms with Crippen molar-refractivity contribution in [3.8, 4) is 28.0 Å². The molecule has 2 nitrogen and oxygen atoms in total. The number of methoxy groups -OCH3 is 1. The van der Waals surface area contributed by atoms with Gasteiger partial charge < -0.3 is 9.47 Å². The molecule has 0 aliphatic heterocycles. The molecule has 0 fully saturated rings. The fourth-order valence-electron chi connectivity index (χ4n) is 2.99. The van der Waals surface area contributed by atoms with Gasteiger partial charge in [-0.25, -0.2) is 0 Å². The van der Waals surface area contributed by atoms with Crippen molar-refractivity contribution in [3.63, 3.8) is 0 Å². The average Bonchev–Trinajstić information content (AvgIpc) is 2.72. The molecule has 0 radical (unpaired) electrons. The van der Waals surface area contributed by atoms with Crippen molar-refractivity contribution in [2.75, 3.05) is 20.3 Å². The molecule has 0 atom stereocenters. The van der Waals surface area contributed by atoms with Gasteiger partial charge in [0.15, 0.2) is 0 Å². The maximum atomic E-state index is 5.59. The Labute approximate surface area is 155 Å². The summed E-state index contributed by atoms with van der Waals surface area (Å²) >= 11 is 0. The van der Waals surface area contributed by atoms with Crippen LogP contribution in [0.15, 0.2) is 85.5 Å². The lowest BCUT2D eigenvalue weighted by atomic mass is 9.93. The molecule has 0 saturated carbocycles. The average molecular weight is 344 g/mol. The summed E-state index contributed by atoms with van der Waals surface area (Å²) in [5.74, 6) is 0.865. The summed E-state index contributed by atoms with van der Waals surface area (Å²) in [6, 6.07) is 25.3. The second kappa shape index (κ2) is 9.02. The lowest BCUT2D eigenvalue weighted by Gasteiger charge is -2.13. The molecule has 0 bridgehead atoms. The smallest absolute Gasteiger partial charge is 0.118 e. The van der Waals surface area contributed by atoms with E-state index in [2.05, 4.69) is 61.2 Å². The quantitative estimate of drug-likeness (QED) is 0.381. The standard InChI is InChI=1S/C24H24O2/c1-3-16-26-17-15-21-9-10-22(19-7-5-4-6-8-19)18-24(21)20-11-13-23(25-2)14-12-20/h3-14,18H,1,15-17H2,2H3. The van der Waals surface area contributed by atoms with Gasteiger partial charge in [0, 0.05) is 0 Å². The van der Waals surface area contributed by atoms with Gasteiger partial charge in [0.25, 0.3) is 0 Å². The zero-order valence-electron chi connectivity index (χ0n) is 15.2. The molecule has 0 aliphatic rings. The van der Waals surface area contributed by atoms with Crippen molar-refractivity contribution >= 4 is 0 Å². The van der Waals surface area contributed by atoms with Crippen LogP contribution in [0.1, 0.15) is 5.56 Å². The van der Waals surface area contributed by atoms with Crippen LogP contribution in [0.3, 0.4) is 0 Å². The molecule has 0 N–H and O–H groups in total. The van der Waals surface area contributed by atoms with Gasteiger partial charge >= 0.3 is 0 Å². The van der Waals surface area contributed by atoms with E-state index in [0.717, 1.165) is 12.2 Å². The van der Waals surface area contributed by atoms with E-state index in [1.165, 1.54) is 27.8 Å². The molecular formula is C24H24O2. The maximum Gasteiger partial charge on any atom is 0.118 e. The zero-order chi connectivity index (χ0) is 18.2. The molecule has 132 valence electrons. The van der Waals surface area contributed by atoms with Crippen LogP contribution in [-0.2, 0) is 11.2 Å². The molecular weight excluding hydrogens is 320 g/mol. The van der Waals surface area contributed by atoms with Crippen LogP contribution in [0.4, 0.5) is 0 Å². The molecule has 0 saturated heterocycles. The lowest BCUT2D eigenvalue weighted by Crippen LogP contribution is -2.00. The van der Waals surface area contributed by atoms with Crippen LogP contribution >= 0.6 is 0 Å². The number of hydrogen-bond acceptors (Lipinski definition) is 2. The van der Waals surface area contributed by atoms with E-state index >= 15 is 0 Å². The van der Waals surface area contributed by atoms with Crippen LogP contribution in [0, 0.1) is 0 Å². The van der Waals surface area contributed by atoms with Crippen molar-refractivity contribution in [1.29, 1.82) is 0 Å².